The van der Waals surface area contributed by atoms with Crippen LogP contribution in [0, 0.1) is 0 Å². The molecule has 1 aromatic carbocycles. The number of rotatable bonds is 7. The van der Waals surface area contributed by atoms with E-state index < -0.39 is 26.2 Å². The molecule has 166 valence electrons. The highest BCUT2D eigenvalue weighted by Crippen LogP contribution is 2.21. The summed E-state index contributed by atoms with van der Waals surface area (Å²) < 4.78 is 30.7. The van der Waals surface area contributed by atoms with Crippen LogP contribution in [0.25, 0.3) is 0 Å². The predicted molar refractivity (Wildman–Crippen MR) is 115 cm³/mol. The average molecular weight is 438 g/mol. The Bertz CT molecular complexity index is 816. The number of ether oxygens (including phenoxy) is 1. The molecule has 0 aliphatic carbocycles. The van der Waals surface area contributed by atoms with Crippen LogP contribution in [-0.2, 0) is 24.2 Å². The van der Waals surface area contributed by atoms with Crippen LogP contribution < -0.4 is 10.6 Å². The second-order valence-electron chi connectivity index (χ2n) is 8.02. The van der Waals surface area contributed by atoms with Crippen LogP contribution in [0.15, 0.2) is 30.3 Å². The second-order valence-corrected chi connectivity index (χ2v) is 10.6. The van der Waals surface area contributed by atoms with E-state index >= 15 is 0 Å². The summed E-state index contributed by atoms with van der Waals surface area (Å²) in [5.41, 5.74) is 0.768. The summed E-state index contributed by atoms with van der Waals surface area (Å²) in [7, 11) is -3.52. The van der Waals surface area contributed by atoms with Gasteiger partial charge in [0.1, 0.15) is 5.25 Å². The number of benzene rings is 1. The maximum absolute atomic E-state index is 12.7. The van der Waals surface area contributed by atoms with E-state index in [1.165, 1.54) is 6.92 Å². The van der Waals surface area contributed by atoms with Gasteiger partial charge in [-0.3, -0.25) is 14.5 Å². The van der Waals surface area contributed by atoms with Gasteiger partial charge in [-0.25, -0.2) is 8.42 Å². The van der Waals surface area contributed by atoms with Crippen molar-refractivity contribution >= 4 is 27.3 Å². The lowest BCUT2D eigenvalue weighted by Crippen LogP contribution is -2.50. The van der Waals surface area contributed by atoms with Crippen molar-refractivity contribution in [3.8, 4) is 0 Å². The van der Waals surface area contributed by atoms with Crippen LogP contribution in [0.1, 0.15) is 32.6 Å². The van der Waals surface area contributed by atoms with Crippen LogP contribution in [0.4, 0.5) is 5.69 Å². The van der Waals surface area contributed by atoms with Gasteiger partial charge in [-0.15, -0.1) is 0 Å². The van der Waals surface area contributed by atoms with E-state index in [0.717, 1.165) is 5.69 Å². The SMILES string of the molecule is C[C@H](C(=O)NC1CCN(CC(=O)Nc2ccccc2)CC1)S(=O)(=O)C1CCOCC1. The Morgan fingerprint density at radius 3 is 2.37 bits per heavy atom. The summed E-state index contributed by atoms with van der Waals surface area (Å²) in [6, 6.07) is 9.24. The van der Waals surface area contributed by atoms with E-state index in [4.69, 9.17) is 4.74 Å². The number of anilines is 1. The van der Waals surface area contributed by atoms with Crippen molar-refractivity contribution in [2.45, 2.75) is 49.1 Å². The van der Waals surface area contributed by atoms with Crippen LogP contribution in [-0.4, -0.2) is 74.5 Å². The molecule has 2 heterocycles. The molecule has 2 N–H and O–H groups in total. The van der Waals surface area contributed by atoms with Crippen molar-refractivity contribution in [1.29, 1.82) is 0 Å². The topological polar surface area (TPSA) is 105 Å². The van der Waals surface area contributed by atoms with Crippen LogP contribution in [0.5, 0.6) is 0 Å². The molecule has 2 aliphatic rings. The lowest BCUT2D eigenvalue weighted by Gasteiger charge is -2.32. The number of nitrogens with one attached hydrogen (secondary N) is 2. The minimum Gasteiger partial charge on any atom is -0.381 e. The largest absolute Gasteiger partial charge is 0.381 e. The Morgan fingerprint density at radius 2 is 1.73 bits per heavy atom. The van der Waals surface area contributed by atoms with E-state index in [-0.39, 0.29) is 11.9 Å². The number of carbonyl (C=O) groups excluding carboxylic acids is 2. The Balaban J connectivity index is 1.42. The van der Waals surface area contributed by atoms with Crippen LogP contribution in [0.3, 0.4) is 0 Å². The quantitative estimate of drug-likeness (QED) is 0.664. The molecule has 9 heteroatoms. The van der Waals surface area contributed by atoms with Crippen LogP contribution in [0.2, 0.25) is 0 Å². The highest BCUT2D eigenvalue weighted by molar-refractivity contribution is 7.93. The normalized spacial score (nSPS) is 20.4. The lowest BCUT2D eigenvalue weighted by molar-refractivity contribution is -0.122. The summed E-state index contributed by atoms with van der Waals surface area (Å²) in [4.78, 5) is 26.8. The zero-order valence-electron chi connectivity index (χ0n) is 17.4. The van der Waals surface area contributed by atoms with Crippen molar-refractivity contribution in [1.82, 2.24) is 10.2 Å². The third-order valence-electron chi connectivity index (χ3n) is 5.85. The van der Waals surface area contributed by atoms with Crippen molar-refractivity contribution in [2.75, 3.05) is 38.2 Å². The van der Waals surface area contributed by atoms with Gasteiger partial charge in [-0.2, -0.15) is 0 Å². The van der Waals surface area contributed by atoms with Gasteiger partial charge in [0.2, 0.25) is 11.8 Å². The van der Waals surface area contributed by atoms with Crippen molar-refractivity contribution < 1.29 is 22.7 Å². The Morgan fingerprint density at radius 1 is 1.10 bits per heavy atom. The number of hydrogen-bond acceptors (Lipinski definition) is 6. The predicted octanol–water partition coefficient (Wildman–Crippen LogP) is 1.19. The first-order chi connectivity index (χ1) is 14.4. The van der Waals surface area contributed by atoms with Gasteiger partial charge in [0, 0.05) is 38.0 Å². The first kappa shape index (κ1) is 22.7. The molecule has 30 heavy (non-hydrogen) atoms. The van der Waals surface area contributed by atoms with Crippen molar-refractivity contribution in [3.63, 3.8) is 0 Å². The lowest BCUT2D eigenvalue weighted by atomic mass is 10.0. The van der Waals surface area contributed by atoms with Gasteiger partial charge >= 0.3 is 0 Å². The van der Waals surface area contributed by atoms with E-state index in [9.17, 15) is 18.0 Å². The smallest absolute Gasteiger partial charge is 0.238 e. The molecule has 0 unspecified atom stereocenters. The molecule has 2 fully saturated rings. The second kappa shape index (κ2) is 10.4. The summed E-state index contributed by atoms with van der Waals surface area (Å²) in [5.74, 6) is -0.498. The molecule has 2 saturated heterocycles. The molecule has 1 aromatic rings. The van der Waals surface area contributed by atoms with E-state index in [1.807, 2.05) is 35.2 Å². The Kier molecular flexibility index (Phi) is 7.85. The van der Waals surface area contributed by atoms with Crippen molar-refractivity contribution in [2.24, 2.45) is 0 Å². The summed E-state index contributed by atoms with van der Waals surface area (Å²) >= 11 is 0. The number of piperidine rings is 1. The third-order valence-corrected chi connectivity index (χ3v) is 8.45. The van der Waals surface area contributed by atoms with E-state index in [2.05, 4.69) is 10.6 Å². The maximum Gasteiger partial charge on any atom is 0.238 e. The molecular formula is C21H31N3O5S. The highest BCUT2D eigenvalue weighted by Gasteiger charge is 2.37. The first-order valence-electron chi connectivity index (χ1n) is 10.5. The number of nitrogens with zero attached hydrogens (tertiary/aromatic N) is 1. The van der Waals surface area contributed by atoms with Gasteiger partial charge < -0.3 is 15.4 Å². The molecule has 0 bridgehead atoms. The standard InChI is InChI=1S/C21H31N3O5S/c1-16(30(27,28)19-9-13-29-14-10-19)21(26)23-18-7-11-24(12-8-18)15-20(25)22-17-5-3-2-4-6-17/h2-6,16,18-19H,7-15H2,1H3,(H,22,25)(H,23,26)/t16-/m1/s1. The summed E-state index contributed by atoms with van der Waals surface area (Å²) in [6.45, 7) is 3.97. The Labute approximate surface area is 178 Å². The van der Waals surface area contributed by atoms with Crippen LogP contribution >= 0.6 is 0 Å². The number of carbonyl (C=O) groups is 2. The highest BCUT2D eigenvalue weighted by atomic mass is 32.2. The molecule has 0 spiro atoms. The number of hydrogen-bond donors (Lipinski definition) is 2. The zero-order valence-corrected chi connectivity index (χ0v) is 18.2. The molecule has 1 atom stereocenters. The number of amides is 2. The fraction of sp³-hybridized carbons (Fsp3) is 0.619. The fourth-order valence-electron chi connectivity index (χ4n) is 3.92. The number of likely N-dealkylation sites (tertiary alicyclic amines) is 1. The molecule has 0 aromatic heterocycles. The van der Waals surface area contributed by atoms with Gasteiger partial charge in [0.25, 0.3) is 0 Å². The van der Waals surface area contributed by atoms with Gasteiger partial charge in [-0.1, -0.05) is 18.2 Å². The number of sulfone groups is 1. The zero-order chi connectivity index (χ0) is 21.6. The minimum atomic E-state index is -3.52. The summed E-state index contributed by atoms with van der Waals surface area (Å²) in [6.07, 6.45) is 2.27. The first-order valence-corrected chi connectivity index (χ1v) is 12.2. The van der Waals surface area contributed by atoms with Gasteiger partial charge in [0.15, 0.2) is 9.84 Å². The van der Waals surface area contributed by atoms with Gasteiger partial charge in [-0.05, 0) is 44.7 Å². The molecule has 2 aliphatic heterocycles. The molecule has 0 radical (unpaired) electrons. The minimum absolute atomic E-state index is 0.0696. The molecule has 3 rings (SSSR count). The molecule has 2 amide bonds. The Hall–Kier alpha value is -1.97. The maximum atomic E-state index is 12.7. The molecule has 0 saturated carbocycles. The molecule has 8 nitrogen and oxygen atoms in total. The molecular weight excluding hydrogens is 406 g/mol. The number of para-hydroxylation sites is 1. The van der Waals surface area contributed by atoms with Crippen molar-refractivity contribution in [3.05, 3.63) is 30.3 Å². The third kappa shape index (κ3) is 6.02. The van der Waals surface area contributed by atoms with E-state index in [1.54, 1.807) is 0 Å². The van der Waals surface area contributed by atoms with Gasteiger partial charge in [0.05, 0.1) is 11.8 Å². The summed E-state index contributed by atoms with van der Waals surface area (Å²) in [5, 5.41) is 4.21. The van der Waals surface area contributed by atoms with E-state index in [0.29, 0.717) is 58.5 Å². The fourth-order valence-corrected chi connectivity index (χ4v) is 5.71. The monoisotopic (exact) mass is 437 g/mol. The average Bonchev–Trinajstić information content (AvgIpc) is 2.75.